The van der Waals surface area contributed by atoms with Crippen LogP contribution in [0.4, 0.5) is 4.39 Å². The molecular weight excluding hydrogens is 271 g/mol. The van der Waals surface area contributed by atoms with Crippen molar-refractivity contribution in [1.82, 2.24) is 5.32 Å². The Hall–Kier alpha value is -2.58. The Kier molecular flexibility index (Phi) is 4.75. The molecule has 108 valence electrons. The highest BCUT2D eigenvalue weighted by Crippen LogP contribution is 2.22. The predicted molar refractivity (Wildman–Crippen MR) is 76.3 cm³/mol. The van der Waals surface area contributed by atoms with E-state index in [-0.39, 0.29) is 17.1 Å². The van der Waals surface area contributed by atoms with Gasteiger partial charge in [0.25, 0.3) is 0 Å². The van der Waals surface area contributed by atoms with Gasteiger partial charge >= 0.3 is 0 Å². The first-order valence-electron chi connectivity index (χ1n) is 6.51. The maximum atomic E-state index is 13.5. The highest BCUT2D eigenvalue weighted by Gasteiger charge is 2.08. The minimum atomic E-state index is -0.633. The van der Waals surface area contributed by atoms with Crippen LogP contribution in [0.2, 0.25) is 0 Å². The van der Waals surface area contributed by atoms with E-state index in [1.54, 1.807) is 24.3 Å². The van der Waals surface area contributed by atoms with Crippen LogP contribution in [0, 0.1) is 17.1 Å². The van der Waals surface area contributed by atoms with Crippen LogP contribution in [0.5, 0.6) is 11.5 Å². The zero-order valence-corrected chi connectivity index (χ0v) is 11.3. The van der Waals surface area contributed by atoms with Gasteiger partial charge in [-0.05, 0) is 30.7 Å². The molecule has 0 atom stereocenters. The Morgan fingerprint density at radius 2 is 1.86 bits per heavy atom. The molecule has 0 unspecified atom stereocenters. The van der Waals surface area contributed by atoms with Crippen molar-refractivity contribution < 1.29 is 14.6 Å². The second-order valence-electron chi connectivity index (χ2n) is 4.63. The molecule has 0 bridgehead atoms. The molecule has 0 aromatic heterocycles. The highest BCUT2D eigenvalue weighted by atomic mass is 19.1. The second kappa shape index (κ2) is 6.73. The SMILES string of the molecule is N#Cc1cc(O)c(CCNCc2ccccc2O)cc1F. The fourth-order valence-corrected chi connectivity index (χ4v) is 2.00. The lowest BCUT2D eigenvalue weighted by Crippen LogP contribution is -2.16. The van der Waals surface area contributed by atoms with Gasteiger partial charge in [0.05, 0.1) is 5.56 Å². The number of hydrogen-bond acceptors (Lipinski definition) is 4. The van der Waals surface area contributed by atoms with Gasteiger partial charge in [0, 0.05) is 18.2 Å². The van der Waals surface area contributed by atoms with Gasteiger partial charge in [-0.3, -0.25) is 0 Å². The number of benzene rings is 2. The molecule has 0 heterocycles. The van der Waals surface area contributed by atoms with Crippen molar-refractivity contribution in [3.8, 4) is 17.6 Å². The van der Waals surface area contributed by atoms with E-state index in [4.69, 9.17) is 5.26 Å². The predicted octanol–water partition coefficient (Wildman–Crippen LogP) is 2.44. The minimum absolute atomic E-state index is 0.0858. The molecule has 21 heavy (non-hydrogen) atoms. The summed E-state index contributed by atoms with van der Waals surface area (Å²) in [6.07, 6.45) is 0.419. The Bertz CT molecular complexity index is 680. The number of aromatic hydroxyl groups is 2. The van der Waals surface area contributed by atoms with Gasteiger partial charge < -0.3 is 15.5 Å². The average Bonchev–Trinajstić information content (AvgIpc) is 2.48. The fraction of sp³-hybridized carbons (Fsp3) is 0.188. The number of nitriles is 1. The maximum Gasteiger partial charge on any atom is 0.141 e. The smallest absolute Gasteiger partial charge is 0.141 e. The van der Waals surface area contributed by atoms with Gasteiger partial charge in [0.2, 0.25) is 0 Å². The standard InChI is InChI=1S/C16H15FN2O2/c17-14-7-11(16(21)8-13(14)9-18)5-6-19-10-12-3-1-2-4-15(12)20/h1-4,7-8,19-21H,5-6,10H2. The van der Waals surface area contributed by atoms with Gasteiger partial charge in [-0.2, -0.15) is 5.26 Å². The van der Waals surface area contributed by atoms with Crippen molar-refractivity contribution in [3.05, 3.63) is 58.9 Å². The number of hydrogen-bond donors (Lipinski definition) is 3. The zero-order chi connectivity index (χ0) is 15.2. The third-order valence-electron chi connectivity index (χ3n) is 3.17. The van der Waals surface area contributed by atoms with Crippen molar-refractivity contribution in [2.45, 2.75) is 13.0 Å². The summed E-state index contributed by atoms with van der Waals surface area (Å²) in [5.74, 6) is -0.499. The van der Waals surface area contributed by atoms with Crippen LogP contribution >= 0.6 is 0 Å². The Morgan fingerprint density at radius 1 is 1.10 bits per heavy atom. The van der Waals surface area contributed by atoms with Gasteiger partial charge in [-0.15, -0.1) is 0 Å². The topological polar surface area (TPSA) is 76.3 Å². The van der Waals surface area contributed by atoms with E-state index in [0.717, 1.165) is 11.6 Å². The lowest BCUT2D eigenvalue weighted by molar-refractivity contribution is 0.460. The first kappa shape index (κ1) is 14.8. The summed E-state index contributed by atoms with van der Waals surface area (Å²) in [6.45, 7) is 0.986. The first-order chi connectivity index (χ1) is 10.1. The molecule has 0 spiro atoms. The zero-order valence-electron chi connectivity index (χ0n) is 11.3. The van der Waals surface area contributed by atoms with Crippen molar-refractivity contribution in [3.63, 3.8) is 0 Å². The number of nitrogens with one attached hydrogen (secondary N) is 1. The summed E-state index contributed by atoms with van der Waals surface area (Å²) in [5.41, 5.74) is 1.04. The monoisotopic (exact) mass is 286 g/mol. The van der Waals surface area contributed by atoms with Gasteiger partial charge in [0.1, 0.15) is 23.4 Å². The molecule has 2 aromatic carbocycles. The molecule has 5 heteroatoms. The van der Waals surface area contributed by atoms with Crippen LogP contribution < -0.4 is 5.32 Å². The van der Waals surface area contributed by atoms with Crippen molar-refractivity contribution >= 4 is 0 Å². The maximum absolute atomic E-state index is 13.5. The van der Waals surface area contributed by atoms with Crippen LogP contribution in [0.25, 0.3) is 0 Å². The summed E-state index contributed by atoms with van der Waals surface area (Å²) in [6, 6.07) is 11.0. The van der Waals surface area contributed by atoms with Gasteiger partial charge in [0.15, 0.2) is 0 Å². The lowest BCUT2D eigenvalue weighted by atomic mass is 10.1. The molecule has 0 saturated carbocycles. The van der Waals surface area contributed by atoms with Gasteiger partial charge in [-0.1, -0.05) is 18.2 Å². The largest absolute Gasteiger partial charge is 0.508 e. The lowest BCUT2D eigenvalue weighted by Gasteiger charge is -2.08. The first-order valence-corrected chi connectivity index (χ1v) is 6.51. The van der Waals surface area contributed by atoms with Crippen LogP contribution in [-0.4, -0.2) is 16.8 Å². The minimum Gasteiger partial charge on any atom is -0.508 e. The molecule has 0 aliphatic heterocycles. The van der Waals surface area contributed by atoms with Crippen molar-refractivity contribution in [2.24, 2.45) is 0 Å². The molecule has 0 amide bonds. The Morgan fingerprint density at radius 3 is 2.57 bits per heavy atom. The number of para-hydroxylation sites is 1. The van der Waals surface area contributed by atoms with Crippen LogP contribution in [0.3, 0.4) is 0 Å². The van der Waals surface area contributed by atoms with Gasteiger partial charge in [-0.25, -0.2) is 4.39 Å². The third-order valence-corrected chi connectivity index (χ3v) is 3.17. The van der Waals surface area contributed by atoms with E-state index in [9.17, 15) is 14.6 Å². The number of phenols is 2. The summed E-state index contributed by atoms with van der Waals surface area (Å²) in [5, 5.41) is 31.1. The summed E-state index contributed by atoms with van der Waals surface area (Å²) >= 11 is 0. The van der Waals surface area contributed by atoms with Crippen molar-refractivity contribution in [1.29, 1.82) is 5.26 Å². The highest BCUT2D eigenvalue weighted by molar-refractivity contribution is 5.43. The molecule has 0 aliphatic rings. The summed E-state index contributed by atoms with van der Waals surface area (Å²) in [7, 11) is 0. The molecule has 4 nitrogen and oxygen atoms in total. The number of phenolic OH excluding ortho intramolecular Hbond substituents is 2. The van der Waals surface area contributed by atoms with E-state index in [1.807, 2.05) is 6.07 Å². The average molecular weight is 286 g/mol. The Balaban J connectivity index is 1.91. The van der Waals surface area contributed by atoms with E-state index in [0.29, 0.717) is 25.1 Å². The van der Waals surface area contributed by atoms with E-state index < -0.39 is 5.82 Å². The normalized spacial score (nSPS) is 10.3. The summed E-state index contributed by atoms with van der Waals surface area (Å²) < 4.78 is 13.5. The van der Waals surface area contributed by atoms with E-state index in [1.165, 1.54) is 6.07 Å². The van der Waals surface area contributed by atoms with Crippen LogP contribution in [0.15, 0.2) is 36.4 Å². The quantitative estimate of drug-likeness (QED) is 0.738. The molecule has 0 fully saturated rings. The van der Waals surface area contributed by atoms with E-state index >= 15 is 0 Å². The fourth-order valence-electron chi connectivity index (χ4n) is 2.00. The third kappa shape index (κ3) is 3.71. The molecule has 2 rings (SSSR count). The second-order valence-corrected chi connectivity index (χ2v) is 4.63. The number of halogens is 1. The number of rotatable bonds is 5. The van der Waals surface area contributed by atoms with Crippen LogP contribution in [-0.2, 0) is 13.0 Å². The molecule has 0 radical (unpaired) electrons. The molecular formula is C16H15FN2O2. The van der Waals surface area contributed by atoms with E-state index in [2.05, 4.69) is 5.32 Å². The van der Waals surface area contributed by atoms with Crippen molar-refractivity contribution in [2.75, 3.05) is 6.54 Å². The van der Waals surface area contributed by atoms with Crippen LogP contribution in [0.1, 0.15) is 16.7 Å². The molecule has 3 N–H and O–H groups in total. The molecule has 0 aliphatic carbocycles. The molecule has 0 saturated heterocycles. The Labute approximate surface area is 122 Å². The number of nitrogens with zero attached hydrogens (tertiary/aromatic N) is 1. The molecule has 2 aromatic rings. The summed E-state index contributed by atoms with van der Waals surface area (Å²) in [4.78, 5) is 0.